The van der Waals surface area contributed by atoms with Crippen molar-refractivity contribution in [1.82, 2.24) is 19.9 Å². The van der Waals surface area contributed by atoms with E-state index in [1.54, 1.807) is 18.5 Å². The van der Waals surface area contributed by atoms with Crippen molar-refractivity contribution in [3.63, 3.8) is 0 Å². The van der Waals surface area contributed by atoms with E-state index in [-0.39, 0.29) is 6.04 Å². The lowest BCUT2D eigenvalue weighted by Gasteiger charge is -2.25. The topological polar surface area (TPSA) is 87.0 Å². The summed E-state index contributed by atoms with van der Waals surface area (Å²) in [5, 5.41) is 12.1. The molecule has 3 heterocycles. The molecule has 1 saturated carbocycles. The van der Waals surface area contributed by atoms with Crippen molar-refractivity contribution >= 4 is 11.5 Å². The summed E-state index contributed by atoms with van der Waals surface area (Å²) in [6.45, 7) is 1.90. The van der Waals surface area contributed by atoms with Crippen LogP contribution in [0.3, 0.4) is 0 Å². The molecule has 1 aromatic carbocycles. The molecule has 168 valence electrons. The van der Waals surface area contributed by atoms with Gasteiger partial charge in [0.25, 0.3) is 0 Å². The molecular formula is C26H28N6O. The van der Waals surface area contributed by atoms with Crippen LogP contribution in [0.4, 0.5) is 11.5 Å². The lowest BCUT2D eigenvalue weighted by molar-refractivity contribution is 0.198. The number of likely N-dealkylation sites (tertiary alicyclic amines) is 1. The van der Waals surface area contributed by atoms with Crippen molar-refractivity contribution in [2.24, 2.45) is 0 Å². The summed E-state index contributed by atoms with van der Waals surface area (Å²) in [5.41, 5.74) is 3.40. The summed E-state index contributed by atoms with van der Waals surface area (Å²) in [4.78, 5) is 15.8. The van der Waals surface area contributed by atoms with E-state index in [1.165, 1.54) is 18.4 Å². The molecule has 7 nitrogen and oxygen atoms in total. The van der Waals surface area contributed by atoms with Crippen LogP contribution < -0.4 is 10.1 Å². The number of benzene rings is 1. The van der Waals surface area contributed by atoms with Gasteiger partial charge in [0.05, 0.1) is 42.1 Å². The summed E-state index contributed by atoms with van der Waals surface area (Å²) < 4.78 is 6.36. The van der Waals surface area contributed by atoms with E-state index in [4.69, 9.17) is 15.0 Å². The highest BCUT2D eigenvalue weighted by atomic mass is 16.5. The van der Waals surface area contributed by atoms with Gasteiger partial charge in [-0.3, -0.25) is 9.88 Å². The molecule has 5 rings (SSSR count). The number of pyridine rings is 1. The minimum atomic E-state index is 0.252. The highest BCUT2D eigenvalue weighted by Gasteiger charge is 2.28. The van der Waals surface area contributed by atoms with Crippen LogP contribution in [0.2, 0.25) is 0 Å². The Kier molecular flexibility index (Phi) is 6.45. The van der Waals surface area contributed by atoms with Gasteiger partial charge in [0.1, 0.15) is 23.3 Å². The molecule has 0 bridgehead atoms. The van der Waals surface area contributed by atoms with E-state index in [2.05, 4.69) is 44.5 Å². The minimum absolute atomic E-state index is 0.252. The SMILES string of the molecule is N#Cc1ccc(Nc2cnc([C@@H]3CCCN3Cc3ccccc3OC3CCCC3)cn2)cn1. The zero-order chi connectivity index (χ0) is 22.5. The van der Waals surface area contributed by atoms with Crippen LogP contribution in [0.25, 0.3) is 0 Å². The summed E-state index contributed by atoms with van der Waals surface area (Å²) in [5.74, 6) is 1.68. The Labute approximate surface area is 194 Å². The summed E-state index contributed by atoms with van der Waals surface area (Å²) in [6.07, 6.45) is 12.7. The Morgan fingerprint density at radius 2 is 1.85 bits per heavy atom. The number of hydrogen-bond donors (Lipinski definition) is 1. The van der Waals surface area contributed by atoms with Gasteiger partial charge >= 0.3 is 0 Å². The van der Waals surface area contributed by atoms with Crippen LogP contribution in [0.15, 0.2) is 55.0 Å². The number of nitrogens with zero attached hydrogens (tertiary/aromatic N) is 5. The Hall–Kier alpha value is -3.50. The second-order valence-corrected chi connectivity index (χ2v) is 8.76. The monoisotopic (exact) mass is 440 g/mol. The zero-order valence-corrected chi connectivity index (χ0v) is 18.7. The molecule has 3 aromatic rings. The van der Waals surface area contributed by atoms with Crippen LogP contribution in [-0.4, -0.2) is 32.5 Å². The predicted octanol–water partition coefficient (Wildman–Crippen LogP) is 5.15. The van der Waals surface area contributed by atoms with Crippen LogP contribution in [0.5, 0.6) is 5.75 Å². The fourth-order valence-corrected chi connectivity index (χ4v) is 4.76. The Morgan fingerprint density at radius 1 is 0.970 bits per heavy atom. The number of nitrogens with one attached hydrogen (secondary N) is 1. The molecule has 2 fully saturated rings. The molecule has 0 spiro atoms. The number of para-hydroxylation sites is 1. The molecular weight excluding hydrogens is 412 g/mol. The van der Waals surface area contributed by atoms with Gasteiger partial charge in [-0.25, -0.2) is 9.97 Å². The number of hydrogen-bond acceptors (Lipinski definition) is 7. The van der Waals surface area contributed by atoms with Crippen LogP contribution >= 0.6 is 0 Å². The molecule has 1 N–H and O–H groups in total. The van der Waals surface area contributed by atoms with Gasteiger partial charge in [0, 0.05) is 12.1 Å². The van der Waals surface area contributed by atoms with Crippen molar-refractivity contribution in [1.29, 1.82) is 5.26 Å². The largest absolute Gasteiger partial charge is 0.490 e. The van der Waals surface area contributed by atoms with E-state index in [9.17, 15) is 0 Å². The normalized spacial score (nSPS) is 18.8. The third-order valence-electron chi connectivity index (χ3n) is 6.47. The molecule has 1 atom stereocenters. The number of aromatic nitrogens is 3. The molecule has 0 amide bonds. The summed E-state index contributed by atoms with van der Waals surface area (Å²) >= 11 is 0. The lowest BCUT2D eigenvalue weighted by Crippen LogP contribution is -2.24. The fourth-order valence-electron chi connectivity index (χ4n) is 4.76. The average molecular weight is 441 g/mol. The molecule has 2 aromatic heterocycles. The lowest BCUT2D eigenvalue weighted by atomic mass is 10.1. The maximum Gasteiger partial charge on any atom is 0.148 e. The van der Waals surface area contributed by atoms with Gasteiger partial charge in [-0.2, -0.15) is 5.26 Å². The molecule has 1 aliphatic carbocycles. The molecule has 2 aliphatic rings. The number of anilines is 2. The quantitative estimate of drug-likeness (QED) is 0.544. The molecule has 1 saturated heterocycles. The molecule has 1 aliphatic heterocycles. The second-order valence-electron chi connectivity index (χ2n) is 8.76. The van der Waals surface area contributed by atoms with Crippen molar-refractivity contribution in [2.75, 3.05) is 11.9 Å². The first-order valence-electron chi connectivity index (χ1n) is 11.7. The highest BCUT2D eigenvalue weighted by molar-refractivity contribution is 5.54. The zero-order valence-electron chi connectivity index (χ0n) is 18.7. The summed E-state index contributed by atoms with van der Waals surface area (Å²) in [6, 6.07) is 14.2. The van der Waals surface area contributed by atoms with Crippen molar-refractivity contribution < 1.29 is 4.74 Å². The first-order chi connectivity index (χ1) is 16.3. The van der Waals surface area contributed by atoms with Gasteiger partial charge < -0.3 is 10.1 Å². The van der Waals surface area contributed by atoms with Gasteiger partial charge in [-0.1, -0.05) is 18.2 Å². The molecule has 7 heteroatoms. The van der Waals surface area contributed by atoms with Gasteiger partial charge in [0.2, 0.25) is 0 Å². The average Bonchev–Trinajstić information content (AvgIpc) is 3.54. The van der Waals surface area contributed by atoms with Crippen LogP contribution in [0.1, 0.15) is 61.5 Å². The highest BCUT2D eigenvalue weighted by Crippen LogP contribution is 2.34. The van der Waals surface area contributed by atoms with Crippen molar-refractivity contribution in [3.05, 3.63) is 71.9 Å². The van der Waals surface area contributed by atoms with Gasteiger partial charge in [-0.05, 0) is 63.3 Å². The smallest absolute Gasteiger partial charge is 0.148 e. The predicted molar refractivity (Wildman–Crippen MR) is 126 cm³/mol. The first-order valence-corrected chi connectivity index (χ1v) is 11.7. The Balaban J connectivity index is 1.25. The van der Waals surface area contributed by atoms with Gasteiger partial charge in [0.15, 0.2) is 0 Å². The maximum atomic E-state index is 8.88. The van der Waals surface area contributed by atoms with Crippen molar-refractivity contribution in [2.45, 2.75) is 57.2 Å². The Bertz CT molecular complexity index is 1100. The standard InChI is InChI=1S/C26H28N6O/c27-14-20-11-12-21(15-28-20)31-26-17-29-23(16-30-26)24-9-5-13-32(24)18-19-6-1-4-10-25(19)33-22-7-2-3-8-22/h1,4,6,10-12,15-17,22,24H,2-3,5,7-9,13,18H2,(H,30,31)/t24-/m0/s1. The second kappa shape index (κ2) is 9.97. The molecule has 33 heavy (non-hydrogen) atoms. The van der Waals surface area contributed by atoms with Gasteiger partial charge in [-0.15, -0.1) is 0 Å². The van der Waals surface area contributed by atoms with Crippen LogP contribution in [0, 0.1) is 11.3 Å². The van der Waals surface area contributed by atoms with E-state index < -0.39 is 0 Å². The Morgan fingerprint density at radius 3 is 2.61 bits per heavy atom. The third kappa shape index (κ3) is 5.12. The minimum Gasteiger partial charge on any atom is -0.490 e. The number of ether oxygens (including phenoxy) is 1. The fraction of sp³-hybridized carbons (Fsp3) is 0.385. The van der Waals surface area contributed by atoms with E-state index >= 15 is 0 Å². The van der Waals surface area contributed by atoms with E-state index in [0.717, 1.165) is 55.9 Å². The molecule has 0 radical (unpaired) electrons. The number of rotatable bonds is 7. The van der Waals surface area contributed by atoms with Crippen molar-refractivity contribution in [3.8, 4) is 11.8 Å². The van der Waals surface area contributed by atoms with E-state index in [1.807, 2.05) is 18.3 Å². The summed E-state index contributed by atoms with van der Waals surface area (Å²) in [7, 11) is 0. The third-order valence-corrected chi connectivity index (χ3v) is 6.47. The van der Waals surface area contributed by atoms with Crippen LogP contribution in [-0.2, 0) is 6.54 Å². The first kappa shape index (κ1) is 21.4. The van der Waals surface area contributed by atoms with E-state index in [0.29, 0.717) is 17.6 Å². The molecule has 0 unspecified atom stereocenters. The maximum absolute atomic E-state index is 8.88. The number of nitriles is 1.